The first kappa shape index (κ1) is 18.5. The zero-order chi connectivity index (χ0) is 18.9. The van der Waals surface area contributed by atoms with Crippen LogP contribution in [-0.2, 0) is 16.5 Å². The smallest absolute Gasteiger partial charge is 0.289 e. The zero-order valence-electron chi connectivity index (χ0n) is 14.5. The highest BCUT2D eigenvalue weighted by Crippen LogP contribution is 2.30. The Kier molecular flexibility index (Phi) is 5.07. The van der Waals surface area contributed by atoms with Gasteiger partial charge in [0.15, 0.2) is 11.6 Å². The van der Waals surface area contributed by atoms with Crippen LogP contribution in [0.2, 0.25) is 0 Å². The highest BCUT2D eigenvalue weighted by molar-refractivity contribution is 7.85. The summed E-state index contributed by atoms with van der Waals surface area (Å²) in [7, 11) is -4.44. The van der Waals surface area contributed by atoms with E-state index in [1.54, 1.807) is 12.1 Å². The van der Waals surface area contributed by atoms with Crippen molar-refractivity contribution in [1.82, 2.24) is 0 Å². The summed E-state index contributed by atoms with van der Waals surface area (Å²) in [4.78, 5) is 25.1. The predicted molar refractivity (Wildman–Crippen MR) is 97.4 cm³/mol. The number of fused-ring (bicyclic) bond motifs is 2. The Balaban J connectivity index is 1.96. The Hall–Kier alpha value is -2.31. The number of hydrogen-bond donors (Lipinski definition) is 1. The van der Waals surface area contributed by atoms with Crippen molar-refractivity contribution < 1.29 is 22.6 Å². The molecule has 0 amide bonds. The monoisotopic (exact) mass is 372 g/mol. The maximum Gasteiger partial charge on any atom is 0.294 e. The molecule has 1 aliphatic carbocycles. The summed E-state index contributed by atoms with van der Waals surface area (Å²) in [5.41, 5.74) is 1.81. The molecule has 0 heterocycles. The molecule has 0 bridgehead atoms. The Labute approximate surface area is 152 Å². The highest BCUT2D eigenvalue weighted by Gasteiger charge is 2.31. The van der Waals surface area contributed by atoms with E-state index < -0.39 is 20.8 Å². The van der Waals surface area contributed by atoms with Crippen molar-refractivity contribution in [2.24, 2.45) is 0 Å². The van der Waals surface area contributed by atoms with Gasteiger partial charge in [0.05, 0.1) is 4.90 Å². The Morgan fingerprint density at radius 1 is 0.808 bits per heavy atom. The van der Waals surface area contributed by atoms with Gasteiger partial charge in [-0.3, -0.25) is 14.1 Å². The van der Waals surface area contributed by atoms with E-state index in [1.807, 2.05) is 6.07 Å². The summed E-state index contributed by atoms with van der Waals surface area (Å²) >= 11 is 0. The van der Waals surface area contributed by atoms with Crippen LogP contribution in [0, 0.1) is 0 Å². The molecule has 2 aromatic rings. The van der Waals surface area contributed by atoms with E-state index in [9.17, 15) is 22.6 Å². The molecule has 0 saturated carbocycles. The molecule has 0 aromatic heterocycles. The van der Waals surface area contributed by atoms with Crippen molar-refractivity contribution in [3.63, 3.8) is 0 Å². The molecular formula is C20H20O5S. The van der Waals surface area contributed by atoms with Gasteiger partial charge in [0.2, 0.25) is 0 Å². The number of rotatable bonds is 6. The summed E-state index contributed by atoms with van der Waals surface area (Å²) < 4.78 is 31.8. The molecule has 1 N–H and O–H groups in total. The third-order valence-corrected chi connectivity index (χ3v) is 5.52. The van der Waals surface area contributed by atoms with Gasteiger partial charge in [0, 0.05) is 22.3 Å². The summed E-state index contributed by atoms with van der Waals surface area (Å²) in [5, 5.41) is 0. The number of aryl methyl sites for hydroxylation is 1. The van der Waals surface area contributed by atoms with Crippen molar-refractivity contribution in [2.75, 3.05) is 0 Å². The normalized spacial score (nSPS) is 13.5. The number of ketones is 2. The number of carbonyl (C=O) groups is 2. The fourth-order valence-corrected chi connectivity index (χ4v) is 3.76. The highest BCUT2D eigenvalue weighted by atomic mass is 32.2. The first-order valence-electron chi connectivity index (χ1n) is 8.67. The van der Waals surface area contributed by atoms with E-state index >= 15 is 0 Å². The Morgan fingerprint density at radius 2 is 1.42 bits per heavy atom. The average molecular weight is 372 g/mol. The predicted octanol–water partition coefficient (Wildman–Crippen LogP) is 3.83. The fourth-order valence-electron chi connectivity index (χ4n) is 3.25. The topological polar surface area (TPSA) is 88.5 Å². The molecule has 6 heteroatoms. The molecule has 5 nitrogen and oxygen atoms in total. The van der Waals surface area contributed by atoms with Crippen molar-refractivity contribution in [1.29, 1.82) is 0 Å². The second-order valence-corrected chi connectivity index (χ2v) is 7.95. The van der Waals surface area contributed by atoms with Crippen LogP contribution in [0.5, 0.6) is 0 Å². The molecular weight excluding hydrogens is 352 g/mol. The third-order valence-electron chi connectivity index (χ3n) is 4.67. The van der Waals surface area contributed by atoms with Crippen LogP contribution in [0.25, 0.3) is 0 Å². The van der Waals surface area contributed by atoms with Crippen LogP contribution in [0.1, 0.15) is 70.0 Å². The standard InChI is InChI=1S/C20H20O5S/c1-2-3-4-5-6-13-7-9-15-17(11-13)19(21)16-10-8-14(26(23,24)25)12-18(16)20(15)22/h7-12H,2-6H2,1H3,(H,23,24,25). The van der Waals surface area contributed by atoms with Crippen LogP contribution in [-0.4, -0.2) is 24.5 Å². The molecule has 26 heavy (non-hydrogen) atoms. The van der Waals surface area contributed by atoms with Gasteiger partial charge in [-0.15, -0.1) is 0 Å². The molecule has 0 saturated heterocycles. The zero-order valence-corrected chi connectivity index (χ0v) is 15.3. The lowest BCUT2D eigenvalue weighted by atomic mass is 9.83. The van der Waals surface area contributed by atoms with Crippen LogP contribution in [0.15, 0.2) is 41.3 Å². The minimum absolute atomic E-state index is 0.00770. The summed E-state index contributed by atoms with van der Waals surface area (Å²) in [6.45, 7) is 2.15. The third kappa shape index (κ3) is 3.48. The lowest BCUT2D eigenvalue weighted by Gasteiger charge is -2.18. The molecule has 3 rings (SSSR count). The number of unbranched alkanes of at least 4 members (excludes halogenated alkanes) is 3. The van der Waals surface area contributed by atoms with Gasteiger partial charge in [-0.1, -0.05) is 38.3 Å². The van der Waals surface area contributed by atoms with Gasteiger partial charge in [-0.05, 0) is 42.7 Å². The van der Waals surface area contributed by atoms with Gasteiger partial charge < -0.3 is 0 Å². The van der Waals surface area contributed by atoms with Gasteiger partial charge in [0.1, 0.15) is 0 Å². The van der Waals surface area contributed by atoms with E-state index in [-0.39, 0.29) is 22.5 Å². The van der Waals surface area contributed by atoms with E-state index in [2.05, 4.69) is 6.92 Å². The number of benzene rings is 2. The fraction of sp³-hybridized carbons (Fsp3) is 0.300. The van der Waals surface area contributed by atoms with Crippen molar-refractivity contribution >= 4 is 21.7 Å². The molecule has 0 radical (unpaired) electrons. The van der Waals surface area contributed by atoms with Crippen LogP contribution < -0.4 is 0 Å². The first-order chi connectivity index (χ1) is 12.3. The average Bonchev–Trinajstić information content (AvgIpc) is 2.62. The summed E-state index contributed by atoms with van der Waals surface area (Å²) in [6, 6.07) is 8.73. The molecule has 0 fully saturated rings. The van der Waals surface area contributed by atoms with Crippen molar-refractivity contribution in [2.45, 2.75) is 43.9 Å². The van der Waals surface area contributed by atoms with Gasteiger partial charge >= 0.3 is 0 Å². The van der Waals surface area contributed by atoms with E-state index in [1.165, 1.54) is 12.5 Å². The Morgan fingerprint density at radius 3 is 2.04 bits per heavy atom. The molecule has 0 atom stereocenters. The van der Waals surface area contributed by atoms with E-state index in [0.717, 1.165) is 43.4 Å². The number of hydrogen-bond acceptors (Lipinski definition) is 4. The molecule has 0 unspecified atom stereocenters. The second-order valence-electron chi connectivity index (χ2n) is 6.53. The largest absolute Gasteiger partial charge is 0.294 e. The lowest BCUT2D eigenvalue weighted by molar-refractivity contribution is 0.0978. The lowest BCUT2D eigenvalue weighted by Crippen LogP contribution is -2.21. The van der Waals surface area contributed by atoms with Crippen LogP contribution >= 0.6 is 0 Å². The Bertz CT molecular complexity index is 989. The van der Waals surface area contributed by atoms with E-state index in [4.69, 9.17) is 0 Å². The maximum absolute atomic E-state index is 12.8. The maximum atomic E-state index is 12.8. The first-order valence-corrected chi connectivity index (χ1v) is 10.1. The van der Waals surface area contributed by atoms with Crippen LogP contribution in [0.4, 0.5) is 0 Å². The van der Waals surface area contributed by atoms with Gasteiger partial charge in [-0.25, -0.2) is 0 Å². The molecule has 0 spiro atoms. The molecule has 136 valence electrons. The van der Waals surface area contributed by atoms with Gasteiger partial charge in [0.25, 0.3) is 10.1 Å². The molecule has 2 aromatic carbocycles. The van der Waals surface area contributed by atoms with Crippen molar-refractivity contribution in [3.05, 3.63) is 64.2 Å². The quantitative estimate of drug-likeness (QED) is 0.525. The van der Waals surface area contributed by atoms with Gasteiger partial charge in [-0.2, -0.15) is 8.42 Å². The van der Waals surface area contributed by atoms with Crippen LogP contribution in [0.3, 0.4) is 0 Å². The molecule has 1 aliphatic rings. The summed E-state index contributed by atoms with van der Waals surface area (Å²) in [6.07, 6.45) is 5.33. The number of carbonyl (C=O) groups excluding carboxylic acids is 2. The van der Waals surface area contributed by atoms with E-state index in [0.29, 0.717) is 5.56 Å². The second kappa shape index (κ2) is 7.13. The molecule has 0 aliphatic heterocycles. The minimum Gasteiger partial charge on any atom is -0.289 e. The SMILES string of the molecule is CCCCCCc1ccc2c(c1)C(=O)c1ccc(S(=O)(=O)O)cc1C2=O. The minimum atomic E-state index is -4.44. The summed E-state index contributed by atoms with van der Waals surface area (Å²) in [5.74, 6) is -0.704. The van der Waals surface area contributed by atoms with Crippen molar-refractivity contribution in [3.8, 4) is 0 Å².